The van der Waals surface area contributed by atoms with Crippen LogP contribution < -0.4 is 0 Å². The SMILES string of the molecule is O=C(O)C1CCc2nnc(C3CCCCS3(=O)=O)n2C1. The summed E-state index contributed by atoms with van der Waals surface area (Å²) in [6.45, 7) is 0.277. The van der Waals surface area contributed by atoms with Crippen LogP contribution in [0.3, 0.4) is 0 Å². The molecule has 2 aliphatic heterocycles. The van der Waals surface area contributed by atoms with E-state index in [0.717, 1.165) is 6.42 Å². The molecule has 2 atom stereocenters. The zero-order valence-electron chi connectivity index (χ0n) is 11.0. The monoisotopic (exact) mass is 299 g/mol. The van der Waals surface area contributed by atoms with Crippen molar-refractivity contribution in [3.8, 4) is 0 Å². The molecule has 7 nitrogen and oxygen atoms in total. The number of hydrogen-bond donors (Lipinski definition) is 1. The maximum atomic E-state index is 12.2. The van der Waals surface area contributed by atoms with Crippen molar-refractivity contribution in [3.05, 3.63) is 11.6 Å². The molecular weight excluding hydrogens is 282 g/mol. The van der Waals surface area contributed by atoms with Crippen LogP contribution in [0, 0.1) is 5.92 Å². The van der Waals surface area contributed by atoms with Gasteiger partial charge >= 0.3 is 5.97 Å². The van der Waals surface area contributed by atoms with Gasteiger partial charge in [-0.3, -0.25) is 4.79 Å². The molecule has 20 heavy (non-hydrogen) atoms. The lowest BCUT2D eigenvalue weighted by atomic mass is 9.99. The minimum atomic E-state index is -3.19. The van der Waals surface area contributed by atoms with Crippen molar-refractivity contribution in [2.24, 2.45) is 5.92 Å². The Kier molecular flexibility index (Phi) is 3.27. The summed E-state index contributed by atoms with van der Waals surface area (Å²) in [6, 6.07) is 0. The number of fused-ring (bicyclic) bond motifs is 1. The standard InChI is InChI=1S/C12H17N3O4S/c16-12(17)8-4-5-10-13-14-11(15(10)7-8)9-3-1-2-6-20(9,18)19/h8-9H,1-7H2,(H,16,17). The highest BCUT2D eigenvalue weighted by Gasteiger charge is 2.37. The van der Waals surface area contributed by atoms with Crippen molar-refractivity contribution >= 4 is 15.8 Å². The molecule has 0 spiro atoms. The van der Waals surface area contributed by atoms with Gasteiger partial charge in [-0.15, -0.1) is 10.2 Å². The fourth-order valence-electron chi connectivity index (χ4n) is 3.03. The number of aromatic nitrogens is 3. The Hall–Kier alpha value is -1.44. The zero-order chi connectivity index (χ0) is 14.3. The summed E-state index contributed by atoms with van der Waals surface area (Å²) < 4.78 is 26.1. The van der Waals surface area contributed by atoms with Gasteiger partial charge in [0.1, 0.15) is 11.1 Å². The van der Waals surface area contributed by atoms with Crippen LogP contribution in [0.15, 0.2) is 0 Å². The van der Waals surface area contributed by atoms with E-state index in [4.69, 9.17) is 5.11 Å². The first kappa shape index (κ1) is 13.5. The second-order valence-electron chi connectivity index (χ2n) is 5.51. The van der Waals surface area contributed by atoms with E-state index >= 15 is 0 Å². The van der Waals surface area contributed by atoms with Gasteiger partial charge in [0.05, 0.1) is 11.7 Å². The van der Waals surface area contributed by atoms with Crippen molar-refractivity contribution in [3.63, 3.8) is 0 Å². The van der Waals surface area contributed by atoms with E-state index in [1.165, 1.54) is 0 Å². The number of rotatable bonds is 2. The lowest BCUT2D eigenvalue weighted by molar-refractivity contribution is -0.142. The molecule has 1 aromatic heterocycles. The smallest absolute Gasteiger partial charge is 0.308 e. The Balaban J connectivity index is 1.96. The molecule has 0 radical (unpaired) electrons. The molecule has 2 aliphatic rings. The van der Waals surface area contributed by atoms with Gasteiger partial charge in [0, 0.05) is 13.0 Å². The highest BCUT2D eigenvalue weighted by Crippen LogP contribution is 2.34. The summed E-state index contributed by atoms with van der Waals surface area (Å²) in [4.78, 5) is 11.1. The Bertz CT molecular complexity index is 637. The summed E-state index contributed by atoms with van der Waals surface area (Å²) in [6.07, 6.45) is 3.17. The maximum Gasteiger partial charge on any atom is 0.308 e. The van der Waals surface area contributed by atoms with Crippen LogP contribution in [0.1, 0.15) is 42.6 Å². The van der Waals surface area contributed by atoms with E-state index < -0.39 is 27.0 Å². The highest BCUT2D eigenvalue weighted by atomic mass is 32.2. The van der Waals surface area contributed by atoms with E-state index in [1.54, 1.807) is 4.57 Å². The molecular formula is C12H17N3O4S. The summed E-state index contributed by atoms with van der Waals surface area (Å²) in [5.41, 5.74) is 0. The highest BCUT2D eigenvalue weighted by molar-refractivity contribution is 7.91. The van der Waals surface area contributed by atoms with Gasteiger partial charge in [-0.25, -0.2) is 8.42 Å². The molecule has 3 rings (SSSR count). The number of hydrogen-bond acceptors (Lipinski definition) is 5. The lowest BCUT2D eigenvalue weighted by Crippen LogP contribution is -2.30. The van der Waals surface area contributed by atoms with Crippen LogP contribution in [0.25, 0.3) is 0 Å². The van der Waals surface area contributed by atoms with E-state index in [0.29, 0.717) is 37.3 Å². The third kappa shape index (κ3) is 2.21. The zero-order valence-corrected chi connectivity index (χ0v) is 11.8. The summed E-state index contributed by atoms with van der Waals surface area (Å²) in [5, 5.41) is 16.6. The fraction of sp³-hybridized carbons (Fsp3) is 0.750. The van der Waals surface area contributed by atoms with Crippen LogP contribution >= 0.6 is 0 Å². The molecule has 0 aliphatic carbocycles. The van der Waals surface area contributed by atoms with Crippen LogP contribution in [0.2, 0.25) is 0 Å². The van der Waals surface area contributed by atoms with Gasteiger partial charge in [-0.05, 0) is 19.3 Å². The van der Waals surface area contributed by atoms with Crippen molar-refractivity contribution in [1.82, 2.24) is 14.8 Å². The number of carboxylic acid groups (broad SMARTS) is 1. The van der Waals surface area contributed by atoms with E-state index in [9.17, 15) is 13.2 Å². The Morgan fingerprint density at radius 1 is 1.25 bits per heavy atom. The number of carbonyl (C=O) groups is 1. The predicted octanol–water partition coefficient (Wildman–Crippen LogP) is 0.565. The predicted molar refractivity (Wildman–Crippen MR) is 69.8 cm³/mol. The quantitative estimate of drug-likeness (QED) is 0.856. The molecule has 110 valence electrons. The Morgan fingerprint density at radius 3 is 2.75 bits per heavy atom. The molecule has 1 saturated heterocycles. The summed E-state index contributed by atoms with van der Waals surface area (Å²) in [5.74, 6) is -0.00310. The molecule has 8 heteroatoms. The molecule has 1 N–H and O–H groups in total. The molecule has 1 fully saturated rings. The molecule has 1 aromatic rings. The molecule has 3 heterocycles. The average Bonchev–Trinajstić information content (AvgIpc) is 2.81. The van der Waals surface area contributed by atoms with Crippen molar-refractivity contribution < 1.29 is 18.3 Å². The van der Waals surface area contributed by atoms with Crippen molar-refractivity contribution in [1.29, 1.82) is 0 Å². The number of aliphatic carboxylic acids is 1. The number of carboxylic acids is 1. The van der Waals surface area contributed by atoms with Crippen LogP contribution in [-0.2, 0) is 27.6 Å². The average molecular weight is 299 g/mol. The normalized spacial score (nSPS) is 28.8. The van der Waals surface area contributed by atoms with Gasteiger partial charge < -0.3 is 9.67 Å². The third-order valence-corrected chi connectivity index (χ3v) is 6.36. The van der Waals surface area contributed by atoms with Gasteiger partial charge in [0.2, 0.25) is 0 Å². The number of sulfone groups is 1. The topological polar surface area (TPSA) is 102 Å². The molecule has 0 aromatic carbocycles. The second-order valence-corrected chi connectivity index (χ2v) is 7.81. The van der Waals surface area contributed by atoms with Crippen LogP contribution in [0.4, 0.5) is 0 Å². The maximum absolute atomic E-state index is 12.2. The van der Waals surface area contributed by atoms with E-state index in [-0.39, 0.29) is 12.3 Å². The third-order valence-electron chi connectivity index (χ3n) is 4.19. The van der Waals surface area contributed by atoms with Crippen molar-refractivity contribution in [2.75, 3.05) is 5.75 Å². The van der Waals surface area contributed by atoms with Crippen LogP contribution in [-0.4, -0.2) is 40.0 Å². The first-order chi connectivity index (χ1) is 9.49. The molecule has 0 amide bonds. The van der Waals surface area contributed by atoms with Crippen molar-refractivity contribution in [2.45, 2.75) is 43.9 Å². The van der Waals surface area contributed by atoms with Gasteiger partial charge in [0.25, 0.3) is 0 Å². The minimum Gasteiger partial charge on any atom is -0.481 e. The fourth-order valence-corrected chi connectivity index (χ4v) is 4.94. The number of aryl methyl sites for hydroxylation is 1. The second kappa shape index (κ2) is 4.83. The summed E-state index contributed by atoms with van der Waals surface area (Å²) >= 11 is 0. The van der Waals surface area contributed by atoms with E-state index in [2.05, 4.69) is 10.2 Å². The molecule has 2 unspecified atom stereocenters. The number of nitrogens with zero attached hydrogens (tertiary/aromatic N) is 3. The van der Waals surface area contributed by atoms with Gasteiger partial charge in [0.15, 0.2) is 15.7 Å². The largest absolute Gasteiger partial charge is 0.481 e. The van der Waals surface area contributed by atoms with E-state index in [1.807, 2.05) is 0 Å². The van der Waals surface area contributed by atoms with Crippen LogP contribution in [0.5, 0.6) is 0 Å². The molecule has 0 bridgehead atoms. The first-order valence-electron chi connectivity index (χ1n) is 6.85. The lowest BCUT2D eigenvalue weighted by Gasteiger charge is -2.25. The Labute approximate surface area is 116 Å². The first-order valence-corrected chi connectivity index (χ1v) is 8.57. The van der Waals surface area contributed by atoms with Gasteiger partial charge in [-0.1, -0.05) is 6.42 Å². The summed E-state index contributed by atoms with van der Waals surface area (Å²) in [7, 11) is -3.19. The molecule has 0 saturated carbocycles. The minimum absolute atomic E-state index is 0.183. The Morgan fingerprint density at radius 2 is 2.05 bits per heavy atom. The van der Waals surface area contributed by atoms with Gasteiger partial charge in [-0.2, -0.15) is 0 Å².